The van der Waals surface area contributed by atoms with Gasteiger partial charge in [0.1, 0.15) is 0 Å². The average Bonchev–Trinajstić information content (AvgIpc) is 2.46. The summed E-state index contributed by atoms with van der Waals surface area (Å²) in [4.78, 5) is 7.75. The van der Waals surface area contributed by atoms with Crippen LogP contribution in [-0.4, -0.2) is 84.8 Å². The van der Waals surface area contributed by atoms with Gasteiger partial charge in [-0.1, -0.05) is 0 Å². The number of rotatable bonds is 4. The Morgan fingerprint density at radius 2 is 1.96 bits per heavy atom. The average molecular weight is 335 g/mol. The zero-order valence-electron chi connectivity index (χ0n) is 15.6. The highest BCUT2D eigenvalue weighted by Crippen LogP contribution is 2.33. The minimum absolute atomic E-state index is 0.151. The number of methoxy groups -OCH3 is 1. The summed E-state index contributed by atoms with van der Waals surface area (Å²) in [5.41, 5.74) is 0.151. The van der Waals surface area contributed by atoms with E-state index in [1.807, 2.05) is 7.11 Å². The quantitative estimate of drug-likeness (QED) is 0.841. The number of hydrogen-bond acceptors (Lipinski definition) is 5. The molecule has 2 unspecified atom stereocenters. The van der Waals surface area contributed by atoms with Crippen molar-refractivity contribution in [3.05, 3.63) is 12.4 Å². The summed E-state index contributed by atoms with van der Waals surface area (Å²) in [5.74, 6) is 0. The van der Waals surface area contributed by atoms with Crippen LogP contribution in [0.5, 0.6) is 0 Å². The number of likely N-dealkylation sites (N-methyl/N-ethyl adjacent to an activating group) is 1. The van der Waals surface area contributed by atoms with E-state index in [2.05, 4.69) is 46.4 Å². The number of hydrogen-bond donors (Lipinski definition) is 1. The van der Waals surface area contributed by atoms with Gasteiger partial charge in [-0.15, -0.1) is 0 Å². The molecule has 0 aromatic rings. The molecule has 0 amide bonds. The molecule has 5 heteroatoms. The molecule has 0 aromatic carbocycles. The summed E-state index contributed by atoms with van der Waals surface area (Å²) in [7, 11) is 4.09. The SMILES string of the molecule is CO[C@H]1C[C@H](N2CCNC(C)(C3CN(C4CCC4)C=CN3C)C2)C1. The van der Waals surface area contributed by atoms with Crippen molar-refractivity contribution in [2.45, 2.75) is 68.8 Å². The fraction of sp³-hybridized carbons (Fsp3) is 0.895. The topological polar surface area (TPSA) is 31.0 Å². The van der Waals surface area contributed by atoms with E-state index in [4.69, 9.17) is 4.74 Å². The molecular weight excluding hydrogens is 300 g/mol. The highest BCUT2D eigenvalue weighted by Gasteiger charge is 2.45. The summed E-state index contributed by atoms with van der Waals surface area (Å²) in [6, 6.07) is 2.04. The number of ether oxygens (including phenoxy) is 1. The molecule has 0 bridgehead atoms. The molecule has 1 N–H and O–H groups in total. The Morgan fingerprint density at radius 3 is 2.62 bits per heavy atom. The summed E-state index contributed by atoms with van der Waals surface area (Å²) in [6.07, 6.45) is 11.7. The number of piperazine rings is 1. The molecule has 2 saturated carbocycles. The number of nitrogens with one attached hydrogen (secondary N) is 1. The van der Waals surface area contributed by atoms with Crippen LogP contribution < -0.4 is 5.32 Å². The third-order valence-electron chi connectivity index (χ3n) is 7.03. The smallest absolute Gasteiger partial charge is 0.0648 e. The predicted molar refractivity (Wildman–Crippen MR) is 96.8 cm³/mol. The maximum absolute atomic E-state index is 5.49. The minimum Gasteiger partial charge on any atom is -0.381 e. The van der Waals surface area contributed by atoms with Gasteiger partial charge in [-0.05, 0) is 39.0 Å². The molecule has 2 heterocycles. The Kier molecular flexibility index (Phi) is 4.52. The van der Waals surface area contributed by atoms with E-state index in [0.717, 1.165) is 31.7 Å². The van der Waals surface area contributed by atoms with Crippen LogP contribution in [0.2, 0.25) is 0 Å². The van der Waals surface area contributed by atoms with Crippen molar-refractivity contribution in [1.29, 1.82) is 0 Å². The fourth-order valence-corrected chi connectivity index (χ4v) is 4.93. The fourth-order valence-electron chi connectivity index (χ4n) is 4.93. The van der Waals surface area contributed by atoms with Gasteiger partial charge in [0.15, 0.2) is 0 Å². The second-order valence-electron chi connectivity index (χ2n) is 8.56. The summed E-state index contributed by atoms with van der Waals surface area (Å²) < 4.78 is 5.49. The third kappa shape index (κ3) is 2.95. The molecule has 0 aromatic heterocycles. The van der Waals surface area contributed by atoms with E-state index >= 15 is 0 Å². The third-order valence-corrected chi connectivity index (χ3v) is 7.03. The maximum Gasteiger partial charge on any atom is 0.0648 e. The van der Waals surface area contributed by atoms with E-state index in [1.165, 1.54) is 38.6 Å². The molecule has 0 spiro atoms. The molecule has 2 aliphatic carbocycles. The van der Waals surface area contributed by atoms with Gasteiger partial charge < -0.3 is 19.9 Å². The predicted octanol–water partition coefficient (Wildman–Crippen LogP) is 1.47. The Labute approximate surface area is 147 Å². The molecule has 3 fully saturated rings. The molecule has 1 saturated heterocycles. The minimum atomic E-state index is 0.151. The second-order valence-corrected chi connectivity index (χ2v) is 8.56. The van der Waals surface area contributed by atoms with Crippen molar-refractivity contribution in [2.75, 3.05) is 40.3 Å². The molecule has 2 aliphatic heterocycles. The first-order valence-electron chi connectivity index (χ1n) is 9.77. The first-order chi connectivity index (χ1) is 11.6. The molecular formula is C19H34N4O. The van der Waals surface area contributed by atoms with Gasteiger partial charge in [-0.25, -0.2) is 0 Å². The van der Waals surface area contributed by atoms with Crippen molar-refractivity contribution in [2.24, 2.45) is 0 Å². The van der Waals surface area contributed by atoms with E-state index in [9.17, 15) is 0 Å². The standard InChI is InChI=1S/C19H34N4O/c1-19(14-23(8-7-20-19)16-11-17(12-16)24-3)18-13-22(10-9-21(18)2)15-5-4-6-15/h9-10,15-18,20H,4-8,11-14H2,1-3H3/t16-,17-,18?,19?. The van der Waals surface area contributed by atoms with Crippen LogP contribution in [0, 0.1) is 0 Å². The number of nitrogens with zero attached hydrogens (tertiary/aromatic N) is 3. The maximum atomic E-state index is 5.49. The Balaban J connectivity index is 1.42. The lowest BCUT2D eigenvalue weighted by Gasteiger charge is -2.55. The van der Waals surface area contributed by atoms with E-state index in [-0.39, 0.29) is 5.54 Å². The highest BCUT2D eigenvalue weighted by atomic mass is 16.5. The summed E-state index contributed by atoms with van der Waals surface area (Å²) in [6.45, 7) is 7.01. The molecule has 5 nitrogen and oxygen atoms in total. The highest BCUT2D eigenvalue weighted by molar-refractivity contribution is 5.10. The Bertz CT molecular complexity index is 474. The molecule has 2 atom stereocenters. The van der Waals surface area contributed by atoms with Crippen LogP contribution in [0.4, 0.5) is 0 Å². The summed E-state index contributed by atoms with van der Waals surface area (Å²) in [5, 5.41) is 3.87. The van der Waals surface area contributed by atoms with Crippen LogP contribution in [0.1, 0.15) is 39.0 Å². The van der Waals surface area contributed by atoms with Crippen molar-refractivity contribution < 1.29 is 4.74 Å². The summed E-state index contributed by atoms with van der Waals surface area (Å²) >= 11 is 0. The van der Waals surface area contributed by atoms with Crippen molar-refractivity contribution in [3.8, 4) is 0 Å². The molecule has 4 rings (SSSR count). The Hall–Kier alpha value is -0.780. The zero-order chi connectivity index (χ0) is 16.7. The normalized spacial score (nSPS) is 41.2. The lowest BCUT2D eigenvalue weighted by molar-refractivity contribution is -0.0522. The van der Waals surface area contributed by atoms with E-state index in [0.29, 0.717) is 12.1 Å². The molecule has 0 radical (unpaired) electrons. The second kappa shape index (κ2) is 6.50. The zero-order valence-corrected chi connectivity index (χ0v) is 15.6. The van der Waals surface area contributed by atoms with Crippen molar-refractivity contribution in [3.63, 3.8) is 0 Å². The van der Waals surface area contributed by atoms with Gasteiger partial charge >= 0.3 is 0 Å². The van der Waals surface area contributed by atoms with Crippen molar-refractivity contribution in [1.82, 2.24) is 20.0 Å². The molecule has 136 valence electrons. The van der Waals surface area contributed by atoms with Crippen LogP contribution >= 0.6 is 0 Å². The Morgan fingerprint density at radius 1 is 1.17 bits per heavy atom. The lowest BCUT2D eigenvalue weighted by Crippen LogP contribution is -2.71. The lowest BCUT2D eigenvalue weighted by atomic mass is 9.82. The monoisotopic (exact) mass is 334 g/mol. The van der Waals surface area contributed by atoms with Gasteiger partial charge in [-0.3, -0.25) is 4.90 Å². The molecule has 24 heavy (non-hydrogen) atoms. The molecule has 4 aliphatic rings. The van der Waals surface area contributed by atoms with Gasteiger partial charge in [0, 0.05) is 64.8 Å². The first-order valence-corrected chi connectivity index (χ1v) is 9.77. The van der Waals surface area contributed by atoms with E-state index in [1.54, 1.807) is 0 Å². The van der Waals surface area contributed by atoms with Crippen molar-refractivity contribution >= 4 is 0 Å². The first kappa shape index (κ1) is 16.7. The van der Waals surface area contributed by atoms with Gasteiger partial charge in [0.2, 0.25) is 0 Å². The van der Waals surface area contributed by atoms with Crippen LogP contribution in [0.25, 0.3) is 0 Å². The van der Waals surface area contributed by atoms with Gasteiger partial charge in [0.25, 0.3) is 0 Å². The van der Waals surface area contributed by atoms with Gasteiger partial charge in [-0.2, -0.15) is 0 Å². The van der Waals surface area contributed by atoms with Crippen LogP contribution in [-0.2, 0) is 4.74 Å². The van der Waals surface area contributed by atoms with Crippen LogP contribution in [0.3, 0.4) is 0 Å². The van der Waals surface area contributed by atoms with Crippen LogP contribution in [0.15, 0.2) is 12.4 Å². The van der Waals surface area contributed by atoms with Gasteiger partial charge in [0.05, 0.1) is 17.7 Å². The van der Waals surface area contributed by atoms with E-state index < -0.39 is 0 Å². The largest absolute Gasteiger partial charge is 0.381 e.